The van der Waals surface area contributed by atoms with E-state index in [-0.39, 0.29) is 29.7 Å². The number of amides is 2. The first-order valence-electron chi connectivity index (χ1n) is 5.05. The van der Waals surface area contributed by atoms with Crippen LogP contribution in [0.2, 0.25) is 0 Å². The van der Waals surface area contributed by atoms with Crippen LogP contribution >= 0.6 is 0 Å². The molecule has 2 N–H and O–H groups in total. The Kier molecular flexibility index (Phi) is 3.26. The van der Waals surface area contributed by atoms with Crippen LogP contribution in [-0.2, 0) is 9.59 Å². The highest BCUT2D eigenvalue weighted by Gasteiger charge is 2.40. The van der Waals surface area contributed by atoms with Crippen molar-refractivity contribution in [1.29, 1.82) is 0 Å². The second-order valence-corrected chi connectivity index (χ2v) is 4.25. The Morgan fingerprint density at radius 3 is 2.36 bits per heavy atom. The van der Waals surface area contributed by atoms with Crippen molar-refractivity contribution >= 4 is 11.8 Å². The van der Waals surface area contributed by atoms with Gasteiger partial charge < -0.3 is 5.73 Å². The van der Waals surface area contributed by atoms with Crippen LogP contribution < -0.4 is 5.73 Å². The molecule has 4 heteroatoms. The number of imide groups is 1. The summed E-state index contributed by atoms with van der Waals surface area (Å²) in [6, 6.07) is -0.139. The first-order valence-corrected chi connectivity index (χ1v) is 5.05. The molecule has 2 amide bonds. The SMILES string of the molecule is CC1CC(=O)N(C(CN)C(C)C)C1=O. The number of nitrogens with zero attached hydrogens (tertiary/aromatic N) is 1. The minimum Gasteiger partial charge on any atom is -0.328 e. The number of rotatable bonds is 3. The van der Waals surface area contributed by atoms with Gasteiger partial charge >= 0.3 is 0 Å². The number of nitrogens with two attached hydrogens (primary N) is 1. The van der Waals surface area contributed by atoms with Gasteiger partial charge in [-0.15, -0.1) is 0 Å². The van der Waals surface area contributed by atoms with Crippen molar-refractivity contribution in [3.8, 4) is 0 Å². The summed E-state index contributed by atoms with van der Waals surface area (Å²) in [7, 11) is 0. The van der Waals surface area contributed by atoms with Crippen molar-refractivity contribution in [2.45, 2.75) is 33.2 Å². The third kappa shape index (κ3) is 1.80. The fourth-order valence-corrected chi connectivity index (χ4v) is 1.83. The molecule has 1 aliphatic rings. The Hall–Kier alpha value is -0.900. The summed E-state index contributed by atoms with van der Waals surface area (Å²) in [6.45, 7) is 6.08. The van der Waals surface area contributed by atoms with E-state index in [9.17, 15) is 9.59 Å². The van der Waals surface area contributed by atoms with Gasteiger partial charge in [0.05, 0.1) is 6.04 Å². The number of hydrogen-bond acceptors (Lipinski definition) is 3. The van der Waals surface area contributed by atoms with Gasteiger partial charge in [-0.25, -0.2) is 0 Å². The zero-order valence-corrected chi connectivity index (χ0v) is 8.99. The molecule has 14 heavy (non-hydrogen) atoms. The molecule has 0 aromatic heterocycles. The van der Waals surface area contributed by atoms with Crippen molar-refractivity contribution in [3.05, 3.63) is 0 Å². The highest BCUT2D eigenvalue weighted by atomic mass is 16.2. The maximum absolute atomic E-state index is 11.7. The van der Waals surface area contributed by atoms with Crippen LogP contribution in [0.1, 0.15) is 27.2 Å². The minimum atomic E-state index is -0.171. The van der Waals surface area contributed by atoms with Crippen LogP contribution in [0.25, 0.3) is 0 Å². The van der Waals surface area contributed by atoms with Crippen LogP contribution in [0, 0.1) is 11.8 Å². The van der Waals surface area contributed by atoms with E-state index in [1.54, 1.807) is 6.92 Å². The van der Waals surface area contributed by atoms with Crippen LogP contribution in [-0.4, -0.2) is 29.3 Å². The van der Waals surface area contributed by atoms with Crippen molar-refractivity contribution in [3.63, 3.8) is 0 Å². The van der Waals surface area contributed by atoms with E-state index in [1.165, 1.54) is 4.90 Å². The lowest BCUT2D eigenvalue weighted by Crippen LogP contribution is -2.47. The van der Waals surface area contributed by atoms with Crippen molar-refractivity contribution in [2.24, 2.45) is 17.6 Å². The highest BCUT2D eigenvalue weighted by Crippen LogP contribution is 2.23. The summed E-state index contributed by atoms with van der Waals surface area (Å²) < 4.78 is 0. The Morgan fingerprint density at radius 1 is 1.50 bits per heavy atom. The lowest BCUT2D eigenvalue weighted by molar-refractivity contribution is -0.142. The lowest BCUT2D eigenvalue weighted by Gasteiger charge is -2.28. The van der Waals surface area contributed by atoms with E-state index in [0.29, 0.717) is 13.0 Å². The largest absolute Gasteiger partial charge is 0.328 e. The van der Waals surface area contributed by atoms with Gasteiger partial charge in [-0.1, -0.05) is 20.8 Å². The van der Waals surface area contributed by atoms with E-state index in [2.05, 4.69) is 0 Å². The van der Waals surface area contributed by atoms with Crippen LogP contribution in [0.3, 0.4) is 0 Å². The van der Waals surface area contributed by atoms with Crippen molar-refractivity contribution in [2.75, 3.05) is 6.54 Å². The zero-order valence-electron chi connectivity index (χ0n) is 8.99. The molecule has 2 unspecified atom stereocenters. The molecule has 2 atom stereocenters. The monoisotopic (exact) mass is 198 g/mol. The van der Waals surface area contributed by atoms with E-state index in [4.69, 9.17) is 5.73 Å². The van der Waals surface area contributed by atoms with Gasteiger partial charge in [-0.3, -0.25) is 14.5 Å². The molecule has 1 rings (SSSR count). The molecule has 1 aliphatic heterocycles. The van der Waals surface area contributed by atoms with Gasteiger partial charge in [0.2, 0.25) is 11.8 Å². The molecule has 0 spiro atoms. The Bertz CT molecular complexity index is 251. The average Bonchev–Trinajstić information content (AvgIpc) is 2.32. The fourth-order valence-electron chi connectivity index (χ4n) is 1.83. The number of carbonyl (C=O) groups excluding carboxylic acids is 2. The number of likely N-dealkylation sites (tertiary alicyclic amines) is 1. The summed E-state index contributed by atoms with van der Waals surface area (Å²) in [6.07, 6.45) is 0.335. The summed E-state index contributed by atoms with van der Waals surface area (Å²) in [5.74, 6) is -0.0979. The minimum absolute atomic E-state index is 0.0702. The zero-order chi connectivity index (χ0) is 10.9. The standard InChI is InChI=1S/C10H18N2O2/c1-6(2)8(5-11)12-9(13)4-7(3)10(12)14/h6-8H,4-5,11H2,1-3H3. The summed E-state index contributed by atoms with van der Waals surface area (Å²) in [4.78, 5) is 24.6. The van der Waals surface area contributed by atoms with Gasteiger partial charge in [0.25, 0.3) is 0 Å². The maximum Gasteiger partial charge on any atom is 0.232 e. The molecule has 0 aliphatic carbocycles. The number of carbonyl (C=O) groups is 2. The van der Waals surface area contributed by atoms with E-state index < -0.39 is 0 Å². The topological polar surface area (TPSA) is 63.4 Å². The molecule has 0 saturated carbocycles. The van der Waals surface area contributed by atoms with Crippen molar-refractivity contribution < 1.29 is 9.59 Å². The maximum atomic E-state index is 11.7. The number of hydrogen-bond donors (Lipinski definition) is 1. The molecule has 0 radical (unpaired) electrons. The van der Waals surface area contributed by atoms with E-state index in [1.807, 2.05) is 13.8 Å². The van der Waals surface area contributed by atoms with Crippen LogP contribution in [0.4, 0.5) is 0 Å². The normalized spacial score (nSPS) is 24.9. The average molecular weight is 198 g/mol. The first-order chi connectivity index (χ1) is 6.49. The molecule has 1 heterocycles. The molecule has 0 aromatic carbocycles. The van der Waals surface area contributed by atoms with E-state index >= 15 is 0 Å². The lowest BCUT2D eigenvalue weighted by atomic mass is 10.0. The van der Waals surface area contributed by atoms with Gasteiger partial charge in [-0.05, 0) is 5.92 Å². The van der Waals surface area contributed by atoms with Gasteiger partial charge in [0.1, 0.15) is 0 Å². The van der Waals surface area contributed by atoms with Crippen LogP contribution in [0.15, 0.2) is 0 Å². The fraction of sp³-hybridized carbons (Fsp3) is 0.800. The quantitative estimate of drug-likeness (QED) is 0.666. The van der Waals surface area contributed by atoms with Crippen LogP contribution in [0.5, 0.6) is 0 Å². The Balaban J connectivity index is 2.85. The molecule has 4 nitrogen and oxygen atoms in total. The summed E-state index contributed by atoms with van der Waals surface area (Å²) in [5, 5.41) is 0. The van der Waals surface area contributed by atoms with E-state index in [0.717, 1.165) is 0 Å². The second kappa shape index (κ2) is 4.09. The molecule has 1 saturated heterocycles. The highest BCUT2D eigenvalue weighted by molar-refractivity contribution is 6.03. The van der Waals surface area contributed by atoms with Crippen molar-refractivity contribution in [1.82, 2.24) is 4.90 Å². The predicted octanol–water partition coefficient (Wildman–Crippen LogP) is 0.365. The Morgan fingerprint density at radius 2 is 2.07 bits per heavy atom. The van der Waals surface area contributed by atoms with Gasteiger partial charge in [0, 0.05) is 18.9 Å². The third-order valence-corrected chi connectivity index (χ3v) is 2.75. The first kappa shape index (κ1) is 11.2. The molecule has 0 bridgehead atoms. The summed E-state index contributed by atoms with van der Waals surface area (Å²) in [5.41, 5.74) is 5.58. The van der Waals surface area contributed by atoms with Gasteiger partial charge in [-0.2, -0.15) is 0 Å². The molecule has 0 aromatic rings. The third-order valence-electron chi connectivity index (χ3n) is 2.75. The van der Waals surface area contributed by atoms with Gasteiger partial charge in [0.15, 0.2) is 0 Å². The predicted molar refractivity (Wildman–Crippen MR) is 53.3 cm³/mol. The molecule has 1 fully saturated rings. The second-order valence-electron chi connectivity index (χ2n) is 4.25. The molecular weight excluding hydrogens is 180 g/mol. The summed E-state index contributed by atoms with van der Waals surface area (Å²) >= 11 is 0. The Labute approximate surface area is 84.4 Å². The smallest absolute Gasteiger partial charge is 0.232 e. The molecular formula is C10H18N2O2. The molecule has 80 valence electrons.